The van der Waals surface area contributed by atoms with Gasteiger partial charge in [0, 0.05) is 22.7 Å². The molecule has 134 valence electrons. The molecule has 27 heavy (non-hydrogen) atoms. The monoisotopic (exact) mass is 352 g/mol. The molecule has 0 saturated heterocycles. The highest BCUT2D eigenvalue weighted by Crippen LogP contribution is 2.35. The van der Waals surface area contributed by atoms with Crippen LogP contribution in [0, 0.1) is 0 Å². The summed E-state index contributed by atoms with van der Waals surface area (Å²) in [4.78, 5) is 5.01. The van der Waals surface area contributed by atoms with Gasteiger partial charge in [-0.2, -0.15) is 0 Å². The molecule has 2 heteroatoms. The van der Waals surface area contributed by atoms with E-state index in [0.29, 0.717) is 6.04 Å². The fraction of sp³-hybridized carbons (Fsp3) is 0.240. The SMILES string of the molecule is c1ccc(-c2cc(NC3CCCCC3)c3c(ccc4ccccc43)n2)cc1. The average Bonchev–Trinajstić information content (AvgIpc) is 2.74. The first-order valence-corrected chi connectivity index (χ1v) is 10.0. The number of rotatable bonds is 3. The number of fused-ring (bicyclic) bond motifs is 3. The van der Waals surface area contributed by atoms with Crippen molar-refractivity contribution in [1.82, 2.24) is 4.98 Å². The lowest BCUT2D eigenvalue weighted by molar-refractivity contribution is 0.463. The van der Waals surface area contributed by atoms with Crippen molar-refractivity contribution in [3.05, 3.63) is 72.8 Å². The summed E-state index contributed by atoms with van der Waals surface area (Å²) in [6.45, 7) is 0. The summed E-state index contributed by atoms with van der Waals surface area (Å²) in [5, 5.41) is 7.68. The van der Waals surface area contributed by atoms with Crippen molar-refractivity contribution in [2.24, 2.45) is 0 Å². The van der Waals surface area contributed by atoms with Gasteiger partial charge in [-0.1, -0.05) is 79.9 Å². The van der Waals surface area contributed by atoms with E-state index in [9.17, 15) is 0 Å². The van der Waals surface area contributed by atoms with Crippen LogP contribution < -0.4 is 5.32 Å². The van der Waals surface area contributed by atoms with Crippen molar-refractivity contribution in [3.8, 4) is 11.3 Å². The Labute approximate surface area is 160 Å². The van der Waals surface area contributed by atoms with Gasteiger partial charge < -0.3 is 5.32 Å². The lowest BCUT2D eigenvalue weighted by Gasteiger charge is -2.25. The van der Waals surface area contributed by atoms with Crippen LogP contribution in [-0.4, -0.2) is 11.0 Å². The lowest BCUT2D eigenvalue weighted by atomic mass is 9.94. The van der Waals surface area contributed by atoms with Crippen molar-refractivity contribution in [2.45, 2.75) is 38.1 Å². The normalized spacial score (nSPS) is 15.3. The van der Waals surface area contributed by atoms with Crippen LogP contribution in [0.3, 0.4) is 0 Å². The second kappa shape index (κ2) is 7.03. The number of nitrogens with zero attached hydrogens (tertiary/aromatic N) is 1. The van der Waals surface area contributed by atoms with Crippen LogP contribution in [0.25, 0.3) is 32.9 Å². The molecule has 4 aromatic rings. The van der Waals surface area contributed by atoms with Gasteiger partial charge in [-0.25, -0.2) is 4.98 Å². The summed E-state index contributed by atoms with van der Waals surface area (Å²) in [6.07, 6.45) is 6.54. The Morgan fingerprint density at radius 1 is 0.778 bits per heavy atom. The van der Waals surface area contributed by atoms with E-state index in [2.05, 4.69) is 78.1 Å². The second-order valence-electron chi connectivity index (χ2n) is 7.58. The van der Waals surface area contributed by atoms with Crippen molar-refractivity contribution in [2.75, 3.05) is 5.32 Å². The molecule has 0 aliphatic heterocycles. The number of nitrogens with one attached hydrogen (secondary N) is 1. The van der Waals surface area contributed by atoms with Gasteiger partial charge in [0.15, 0.2) is 0 Å². The van der Waals surface area contributed by atoms with Gasteiger partial charge in [0.1, 0.15) is 0 Å². The Bertz CT molecular complexity index is 1080. The van der Waals surface area contributed by atoms with Gasteiger partial charge in [0.25, 0.3) is 0 Å². The molecule has 0 spiro atoms. The molecule has 0 unspecified atom stereocenters. The molecular formula is C25H24N2. The van der Waals surface area contributed by atoms with Gasteiger partial charge in [-0.05, 0) is 35.7 Å². The first-order valence-electron chi connectivity index (χ1n) is 10.0. The minimum atomic E-state index is 0.562. The summed E-state index contributed by atoms with van der Waals surface area (Å²) >= 11 is 0. The van der Waals surface area contributed by atoms with E-state index in [1.54, 1.807) is 0 Å². The Hall–Kier alpha value is -2.87. The van der Waals surface area contributed by atoms with Crippen molar-refractivity contribution in [3.63, 3.8) is 0 Å². The largest absolute Gasteiger partial charge is 0.382 e. The quantitative estimate of drug-likeness (QED) is 0.410. The van der Waals surface area contributed by atoms with Gasteiger partial charge in [-0.15, -0.1) is 0 Å². The standard InChI is InChI=1S/C25H24N2/c1-3-10-19(11-4-1)23-17-24(26-20-12-5-2-6-13-20)25-21-14-8-7-9-18(21)15-16-22(25)27-23/h1,3-4,7-11,14-17,20H,2,5-6,12-13H2,(H,26,27). The molecule has 1 aliphatic rings. The number of hydrogen-bond acceptors (Lipinski definition) is 2. The Kier molecular flexibility index (Phi) is 4.25. The van der Waals surface area contributed by atoms with Crippen LogP contribution in [0.5, 0.6) is 0 Å². The Morgan fingerprint density at radius 2 is 1.56 bits per heavy atom. The molecule has 2 nitrogen and oxygen atoms in total. The highest BCUT2D eigenvalue weighted by atomic mass is 14.9. The molecule has 1 aromatic heterocycles. The third-order valence-corrected chi connectivity index (χ3v) is 5.73. The maximum absolute atomic E-state index is 5.01. The zero-order valence-electron chi connectivity index (χ0n) is 15.5. The highest BCUT2D eigenvalue weighted by molar-refractivity contribution is 6.12. The number of anilines is 1. The highest BCUT2D eigenvalue weighted by Gasteiger charge is 2.16. The Balaban J connectivity index is 1.72. The van der Waals surface area contributed by atoms with Crippen LogP contribution in [0.1, 0.15) is 32.1 Å². The number of benzene rings is 3. The molecule has 3 aromatic carbocycles. The predicted octanol–water partition coefficient (Wildman–Crippen LogP) is 6.80. The van der Waals surface area contributed by atoms with E-state index >= 15 is 0 Å². The fourth-order valence-electron chi connectivity index (χ4n) is 4.34. The summed E-state index contributed by atoms with van der Waals surface area (Å²) in [7, 11) is 0. The third-order valence-electron chi connectivity index (χ3n) is 5.73. The molecule has 0 atom stereocenters. The minimum Gasteiger partial charge on any atom is -0.382 e. The third kappa shape index (κ3) is 3.16. The van der Waals surface area contributed by atoms with E-state index in [0.717, 1.165) is 11.2 Å². The minimum absolute atomic E-state index is 0.562. The van der Waals surface area contributed by atoms with Crippen LogP contribution in [0.15, 0.2) is 72.8 Å². The molecule has 1 fully saturated rings. The van der Waals surface area contributed by atoms with Crippen molar-refractivity contribution in [1.29, 1.82) is 0 Å². The first-order chi connectivity index (χ1) is 13.4. The number of pyridine rings is 1. The van der Waals surface area contributed by atoms with Crippen LogP contribution in [-0.2, 0) is 0 Å². The summed E-state index contributed by atoms with van der Waals surface area (Å²) in [6, 6.07) is 26.3. The smallest absolute Gasteiger partial charge is 0.0736 e. The number of hydrogen-bond donors (Lipinski definition) is 1. The van der Waals surface area contributed by atoms with E-state index in [1.165, 1.54) is 59.5 Å². The molecule has 1 saturated carbocycles. The second-order valence-corrected chi connectivity index (χ2v) is 7.58. The number of aromatic nitrogens is 1. The molecular weight excluding hydrogens is 328 g/mol. The van der Waals surface area contributed by atoms with E-state index in [4.69, 9.17) is 4.98 Å². The molecule has 0 radical (unpaired) electrons. The van der Waals surface area contributed by atoms with Crippen LogP contribution in [0.4, 0.5) is 5.69 Å². The van der Waals surface area contributed by atoms with Gasteiger partial charge in [0.2, 0.25) is 0 Å². The maximum atomic E-state index is 5.01. The van der Waals surface area contributed by atoms with E-state index in [1.807, 2.05) is 0 Å². The summed E-state index contributed by atoms with van der Waals surface area (Å²) < 4.78 is 0. The van der Waals surface area contributed by atoms with Gasteiger partial charge >= 0.3 is 0 Å². The van der Waals surface area contributed by atoms with Crippen LogP contribution in [0.2, 0.25) is 0 Å². The molecule has 0 bridgehead atoms. The maximum Gasteiger partial charge on any atom is 0.0736 e. The molecule has 5 rings (SSSR count). The first kappa shape index (κ1) is 16.3. The molecule has 0 amide bonds. The van der Waals surface area contributed by atoms with Crippen molar-refractivity contribution < 1.29 is 0 Å². The zero-order chi connectivity index (χ0) is 18.1. The van der Waals surface area contributed by atoms with Gasteiger partial charge in [-0.3, -0.25) is 0 Å². The molecule has 1 aliphatic carbocycles. The Morgan fingerprint density at radius 3 is 2.41 bits per heavy atom. The summed E-state index contributed by atoms with van der Waals surface area (Å²) in [5.74, 6) is 0. The fourth-order valence-corrected chi connectivity index (χ4v) is 4.34. The predicted molar refractivity (Wildman–Crippen MR) is 115 cm³/mol. The molecule has 1 heterocycles. The lowest BCUT2D eigenvalue weighted by Crippen LogP contribution is -2.22. The van der Waals surface area contributed by atoms with Crippen molar-refractivity contribution >= 4 is 27.4 Å². The van der Waals surface area contributed by atoms with E-state index < -0.39 is 0 Å². The average molecular weight is 352 g/mol. The molecule has 1 N–H and O–H groups in total. The van der Waals surface area contributed by atoms with Crippen LogP contribution >= 0.6 is 0 Å². The van der Waals surface area contributed by atoms with E-state index in [-0.39, 0.29) is 0 Å². The zero-order valence-corrected chi connectivity index (χ0v) is 15.5. The van der Waals surface area contributed by atoms with Gasteiger partial charge in [0.05, 0.1) is 11.2 Å². The summed E-state index contributed by atoms with van der Waals surface area (Å²) in [5.41, 5.74) is 4.49. The topological polar surface area (TPSA) is 24.9 Å².